The Morgan fingerprint density at radius 3 is 3.17 bits per heavy atom. The second kappa shape index (κ2) is 2.65. The molecule has 2 aromatic heterocycles. The summed E-state index contributed by atoms with van der Waals surface area (Å²) in [6, 6.07) is 1.38. The Bertz CT molecular complexity index is 399. The Labute approximate surface area is 66.8 Å². The summed E-state index contributed by atoms with van der Waals surface area (Å²) in [5, 5.41) is 6.04. The van der Waals surface area contributed by atoms with Crippen LogP contribution in [0.25, 0.3) is 0 Å². The van der Waals surface area contributed by atoms with Crippen LogP contribution in [0.1, 0.15) is 5.76 Å². The fourth-order valence-corrected chi connectivity index (χ4v) is 0.873. The van der Waals surface area contributed by atoms with Crippen LogP contribution >= 0.6 is 0 Å². The quantitative estimate of drug-likeness (QED) is 0.659. The van der Waals surface area contributed by atoms with Crippen molar-refractivity contribution < 1.29 is 4.52 Å². The van der Waals surface area contributed by atoms with Crippen molar-refractivity contribution in [1.82, 2.24) is 19.9 Å². The van der Waals surface area contributed by atoms with Crippen LogP contribution in [0.4, 0.5) is 0 Å². The van der Waals surface area contributed by atoms with Crippen molar-refractivity contribution in [3.8, 4) is 0 Å². The molecule has 0 atom stereocenters. The normalized spacial score (nSPS) is 10.3. The summed E-state index contributed by atoms with van der Waals surface area (Å²) >= 11 is 0. The third-order valence-corrected chi connectivity index (χ3v) is 1.36. The van der Waals surface area contributed by atoms with Gasteiger partial charge in [-0.1, -0.05) is 0 Å². The van der Waals surface area contributed by atoms with E-state index in [0.29, 0.717) is 12.3 Å². The van der Waals surface area contributed by atoms with E-state index in [-0.39, 0.29) is 5.56 Å². The van der Waals surface area contributed by atoms with Crippen LogP contribution in [0.5, 0.6) is 0 Å². The third-order valence-electron chi connectivity index (χ3n) is 1.36. The molecule has 0 bridgehead atoms. The first-order chi connectivity index (χ1) is 5.84. The van der Waals surface area contributed by atoms with Gasteiger partial charge in [0, 0.05) is 6.07 Å². The second-order valence-corrected chi connectivity index (χ2v) is 2.27. The van der Waals surface area contributed by atoms with Crippen LogP contribution in [0.3, 0.4) is 0 Å². The summed E-state index contributed by atoms with van der Waals surface area (Å²) in [6.07, 6.45) is 2.97. The van der Waals surface area contributed by atoms with Crippen molar-refractivity contribution in [2.24, 2.45) is 0 Å². The first-order valence-electron chi connectivity index (χ1n) is 3.34. The average Bonchev–Trinajstić information content (AvgIpc) is 2.63. The highest BCUT2D eigenvalue weighted by molar-refractivity contribution is 4.93. The lowest BCUT2D eigenvalue weighted by molar-refractivity contribution is 0.367. The summed E-state index contributed by atoms with van der Waals surface area (Å²) in [5.74, 6) is 0.533. The van der Waals surface area contributed by atoms with Crippen molar-refractivity contribution in [2.45, 2.75) is 6.54 Å². The van der Waals surface area contributed by atoms with Crippen LogP contribution in [0, 0.1) is 0 Å². The van der Waals surface area contributed by atoms with Crippen molar-refractivity contribution in [1.29, 1.82) is 0 Å². The van der Waals surface area contributed by atoms with Crippen LogP contribution in [0.2, 0.25) is 0 Å². The minimum Gasteiger partial charge on any atom is -0.382 e. The van der Waals surface area contributed by atoms with E-state index >= 15 is 0 Å². The number of H-pyrrole nitrogens is 1. The first kappa shape index (κ1) is 6.84. The maximum absolute atomic E-state index is 10.6. The number of rotatable bonds is 2. The van der Waals surface area contributed by atoms with Gasteiger partial charge in [-0.2, -0.15) is 10.3 Å². The molecule has 2 rings (SSSR count). The Kier molecular flexibility index (Phi) is 1.51. The molecule has 0 radical (unpaired) electrons. The van der Waals surface area contributed by atoms with Gasteiger partial charge in [-0.05, 0) is 0 Å². The van der Waals surface area contributed by atoms with Gasteiger partial charge in [0.25, 0.3) is 5.56 Å². The van der Waals surface area contributed by atoms with Gasteiger partial charge in [-0.25, -0.2) is 9.67 Å². The van der Waals surface area contributed by atoms with Crippen molar-refractivity contribution in [2.75, 3.05) is 0 Å². The molecule has 0 aliphatic heterocycles. The second-order valence-electron chi connectivity index (χ2n) is 2.27. The predicted molar refractivity (Wildman–Crippen MR) is 38.5 cm³/mol. The summed E-state index contributed by atoms with van der Waals surface area (Å²) in [7, 11) is 0. The molecule has 12 heavy (non-hydrogen) atoms. The SMILES string of the molecule is O=c1cc(Cn2cncn2)o[nH]1. The molecule has 0 aliphatic rings. The molecule has 0 fully saturated rings. The molecule has 0 spiro atoms. The molecule has 2 aromatic rings. The number of hydrogen-bond donors (Lipinski definition) is 1. The molecule has 6 nitrogen and oxygen atoms in total. The molecular formula is C6H6N4O2. The molecule has 2 heterocycles. The van der Waals surface area contributed by atoms with Gasteiger partial charge >= 0.3 is 0 Å². The fraction of sp³-hybridized carbons (Fsp3) is 0.167. The highest BCUT2D eigenvalue weighted by atomic mass is 16.5. The van der Waals surface area contributed by atoms with Gasteiger partial charge in [0.15, 0.2) is 5.76 Å². The van der Waals surface area contributed by atoms with Gasteiger partial charge < -0.3 is 4.52 Å². The fourth-order valence-electron chi connectivity index (χ4n) is 0.873. The third kappa shape index (κ3) is 1.26. The summed E-state index contributed by atoms with van der Waals surface area (Å²) in [6.45, 7) is 0.415. The highest BCUT2D eigenvalue weighted by Crippen LogP contribution is 1.94. The minimum atomic E-state index is -0.245. The molecule has 0 saturated carbocycles. The Morgan fingerprint density at radius 2 is 2.58 bits per heavy atom. The van der Waals surface area contributed by atoms with Gasteiger partial charge in [-0.15, -0.1) is 0 Å². The van der Waals surface area contributed by atoms with E-state index in [4.69, 9.17) is 4.52 Å². The van der Waals surface area contributed by atoms with E-state index in [1.165, 1.54) is 12.4 Å². The topological polar surface area (TPSA) is 76.7 Å². The molecule has 6 heteroatoms. The molecule has 0 amide bonds. The summed E-state index contributed by atoms with van der Waals surface area (Å²) < 4.78 is 6.37. The van der Waals surface area contributed by atoms with Crippen LogP contribution in [-0.4, -0.2) is 19.9 Å². The number of aromatic amines is 1. The Hall–Kier alpha value is -1.85. The minimum absolute atomic E-state index is 0.245. The van der Waals surface area contributed by atoms with E-state index < -0.39 is 0 Å². The van der Waals surface area contributed by atoms with Crippen molar-refractivity contribution in [3.63, 3.8) is 0 Å². The van der Waals surface area contributed by atoms with Crippen molar-refractivity contribution >= 4 is 0 Å². The molecule has 0 aromatic carbocycles. The van der Waals surface area contributed by atoms with Crippen molar-refractivity contribution in [3.05, 3.63) is 34.8 Å². The number of nitrogens with one attached hydrogen (secondary N) is 1. The zero-order valence-corrected chi connectivity index (χ0v) is 6.10. The van der Waals surface area contributed by atoms with Gasteiger partial charge in [0.2, 0.25) is 0 Å². The number of hydrogen-bond acceptors (Lipinski definition) is 4. The maximum Gasteiger partial charge on any atom is 0.280 e. The average molecular weight is 166 g/mol. The molecule has 62 valence electrons. The van der Waals surface area contributed by atoms with Gasteiger partial charge in [-0.3, -0.25) is 4.79 Å². The lowest BCUT2D eigenvalue weighted by Crippen LogP contribution is -1.99. The molecule has 0 aliphatic carbocycles. The van der Waals surface area contributed by atoms with E-state index in [9.17, 15) is 4.79 Å². The molecule has 0 unspecified atom stereocenters. The summed E-state index contributed by atoms with van der Waals surface area (Å²) in [4.78, 5) is 14.4. The van der Waals surface area contributed by atoms with Gasteiger partial charge in [0.05, 0.1) is 0 Å². The number of aromatic nitrogens is 4. The summed E-state index contributed by atoms with van der Waals surface area (Å²) in [5.41, 5.74) is -0.245. The monoisotopic (exact) mass is 166 g/mol. The Morgan fingerprint density at radius 1 is 1.67 bits per heavy atom. The standard InChI is InChI=1S/C6H6N4O2/c11-6-1-5(12-9-6)2-10-4-7-3-8-10/h1,3-4H,2H2,(H,9,11). The Balaban J connectivity index is 2.19. The van der Waals surface area contributed by atoms with Gasteiger partial charge in [0.1, 0.15) is 19.2 Å². The number of nitrogens with zero attached hydrogens (tertiary/aromatic N) is 3. The van der Waals surface area contributed by atoms with E-state index in [1.807, 2.05) is 0 Å². The lowest BCUT2D eigenvalue weighted by Gasteiger charge is -1.92. The van der Waals surface area contributed by atoms with Crippen LogP contribution < -0.4 is 5.56 Å². The maximum atomic E-state index is 10.6. The van der Waals surface area contributed by atoms with E-state index in [2.05, 4.69) is 15.2 Å². The molecule has 1 N–H and O–H groups in total. The van der Waals surface area contributed by atoms with Crippen LogP contribution in [0.15, 0.2) is 28.0 Å². The highest BCUT2D eigenvalue weighted by Gasteiger charge is 2.00. The molecular weight excluding hydrogens is 160 g/mol. The smallest absolute Gasteiger partial charge is 0.280 e. The predicted octanol–water partition coefficient (Wildman–Crippen LogP) is -0.392. The lowest BCUT2D eigenvalue weighted by atomic mass is 10.5. The first-order valence-corrected chi connectivity index (χ1v) is 3.34. The largest absolute Gasteiger partial charge is 0.382 e. The van der Waals surface area contributed by atoms with E-state index in [0.717, 1.165) is 0 Å². The zero-order chi connectivity index (χ0) is 8.39. The van der Waals surface area contributed by atoms with Crippen LogP contribution in [-0.2, 0) is 6.54 Å². The van der Waals surface area contributed by atoms with E-state index in [1.54, 1.807) is 11.0 Å². The molecule has 0 saturated heterocycles. The zero-order valence-electron chi connectivity index (χ0n) is 6.10.